The number of urea groups is 1. The molecule has 3 aromatic rings. The number of nitrogens with zero attached hydrogens (tertiary/aromatic N) is 3. The van der Waals surface area contributed by atoms with Crippen molar-refractivity contribution < 1.29 is 36.4 Å². The quantitative estimate of drug-likeness (QED) is 0.178. The van der Waals surface area contributed by atoms with E-state index in [0.717, 1.165) is 15.9 Å². The average molecular weight is 749 g/mol. The standard InChI is InChI=1S/C38H45N4O8PS/c1-38(2,3)49-37(45)40-23-21-29(22-24-40)39-35(43)33-26-28(34-27-41(33)36(44)42(34)50-52(46,47)48)14-13-25-51(30-15-7-4-8-16-30,31-17-9-5-10-18-31)32-19-11-6-12-20-32/h4-13,15-20,25-26,29,33-34,51H,14,21-24,27H2,1-3H3,(H,39,43)(H,46,47,48)/b25-13+/t33-,34+/m0/s1. The Bertz CT molecular complexity index is 1830. The molecule has 2 N–H and O–H groups in total. The zero-order chi connectivity index (χ0) is 37.1. The molecule has 4 amide bonds. The minimum atomic E-state index is -5.04. The zero-order valence-electron chi connectivity index (χ0n) is 29.4. The number of rotatable bonds is 10. The Morgan fingerprint density at radius 3 is 1.90 bits per heavy atom. The molecule has 0 saturated carbocycles. The van der Waals surface area contributed by atoms with Crippen LogP contribution < -0.4 is 21.2 Å². The van der Waals surface area contributed by atoms with Gasteiger partial charge in [-0.25, -0.2) is 4.79 Å². The van der Waals surface area contributed by atoms with Crippen LogP contribution in [0.3, 0.4) is 0 Å². The number of hydrogen-bond donors (Lipinski definition) is 2. The summed E-state index contributed by atoms with van der Waals surface area (Å²) >= 11 is 0. The van der Waals surface area contributed by atoms with Crippen molar-refractivity contribution in [3.63, 3.8) is 0 Å². The first-order valence-corrected chi connectivity index (χ1v) is 20.8. The van der Waals surface area contributed by atoms with Crippen molar-refractivity contribution in [1.82, 2.24) is 20.2 Å². The monoisotopic (exact) mass is 748 g/mol. The van der Waals surface area contributed by atoms with Gasteiger partial charge in [0.2, 0.25) is 0 Å². The molecule has 0 aliphatic carbocycles. The van der Waals surface area contributed by atoms with E-state index in [9.17, 15) is 27.4 Å². The maximum absolute atomic E-state index is 13.8. The topological polar surface area (TPSA) is 146 Å². The molecule has 3 aliphatic rings. The van der Waals surface area contributed by atoms with E-state index in [4.69, 9.17) is 9.02 Å². The van der Waals surface area contributed by atoms with Gasteiger partial charge in [-0.05, 0) is 20.8 Å². The SMILES string of the molecule is CC(C)(C)OC(=O)N1CCC(NC(=O)[C@@H]2C=C(C/C=C/[PH](c3ccccc3)(c3ccccc3)c3ccccc3)[C@H]3CN2C(=O)N3OS(=O)(=O)O)CC1. The summed E-state index contributed by atoms with van der Waals surface area (Å²) in [6.45, 7) is 6.20. The van der Waals surface area contributed by atoms with Crippen LogP contribution in [0.2, 0.25) is 0 Å². The van der Waals surface area contributed by atoms with Gasteiger partial charge in [0, 0.05) is 0 Å². The van der Waals surface area contributed by atoms with Crippen LogP contribution in [0.1, 0.15) is 40.0 Å². The van der Waals surface area contributed by atoms with Crippen LogP contribution in [0.5, 0.6) is 0 Å². The zero-order valence-corrected chi connectivity index (χ0v) is 31.2. The van der Waals surface area contributed by atoms with E-state index in [1.165, 1.54) is 4.90 Å². The van der Waals surface area contributed by atoms with Gasteiger partial charge in [0.15, 0.2) is 0 Å². The van der Waals surface area contributed by atoms with Gasteiger partial charge in [-0.3, -0.25) is 0 Å². The molecule has 12 nitrogen and oxygen atoms in total. The number of amides is 4. The number of carbonyl (C=O) groups is 3. The molecule has 3 heterocycles. The van der Waals surface area contributed by atoms with Gasteiger partial charge in [-0.1, -0.05) is 0 Å². The number of nitrogens with one attached hydrogen (secondary N) is 1. The molecule has 0 unspecified atom stereocenters. The summed E-state index contributed by atoms with van der Waals surface area (Å²) < 4.78 is 43.5. The molecule has 2 bridgehead atoms. The molecular formula is C38H45N4O8PS. The molecule has 3 aromatic carbocycles. The number of allylic oxidation sites excluding steroid dienone is 1. The first-order valence-electron chi connectivity index (χ1n) is 17.4. The van der Waals surface area contributed by atoms with Crippen molar-refractivity contribution in [2.45, 2.75) is 63.8 Å². The Morgan fingerprint density at radius 1 is 0.904 bits per heavy atom. The van der Waals surface area contributed by atoms with Gasteiger partial charge in [-0.15, -0.1) is 0 Å². The van der Waals surface area contributed by atoms with Crippen LogP contribution in [-0.2, 0) is 24.2 Å². The summed E-state index contributed by atoms with van der Waals surface area (Å²) in [5.41, 5.74) is -0.0250. The fourth-order valence-electron chi connectivity index (χ4n) is 7.19. The number of hydrogen-bond acceptors (Lipinski definition) is 7. The molecule has 0 aromatic heterocycles. The summed E-state index contributed by atoms with van der Waals surface area (Å²) in [5, 5.41) is 7.16. The third kappa shape index (κ3) is 8.23. The average Bonchev–Trinajstić information content (AvgIpc) is 3.37. The first kappa shape index (κ1) is 37.2. The second-order valence-electron chi connectivity index (χ2n) is 14.2. The van der Waals surface area contributed by atoms with Gasteiger partial charge in [-0.2, -0.15) is 0 Å². The van der Waals surface area contributed by atoms with E-state index in [1.807, 2.05) is 60.7 Å². The molecule has 0 spiro atoms. The number of hydroxylamine groups is 2. The summed E-state index contributed by atoms with van der Waals surface area (Å²) in [6, 6.07) is 27.8. The normalized spacial score (nSPS) is 20.2. The van der Waals surface area contributed by atoms with E-state index in [2.05, 4.69) is 47.5 Å². The molecule has 3 aliphatic heterocycles. The summed E-state index contributed by atoms with van der Waals surface area (Å²) in [6.07, 6.45) is 4.57. The van der Waals surface area contributed by atoms with Crippen LogP contribution in [0.15, 0.2) is 115 Å². The van der Waals surface area contributed by atoms with E-state index in [0.29, 0.717) is 36.6 Å². The number of benzene rings is 3. The van der Waals surface area contributed by atoms with Crippen molar-refractivity contribution in [1.29, 1.82) is 0 Å². The molecule has 2 fully saturated rings. The summed E-state index contributed by atoms with van der Waals surface area (Å²) in [5.74, 6) is 1.80. The molecule has 276 valence electrons. The molecular weight excluding hydrogens is 703 g/mol. The van der Waals surface area contributed by atoms with Crippen molar-refractivity contribution in [2.24, 2.45) is 0 Å². The number of carbonyl (C=O) groups excluding carboxylic acids is 3. The Balaban J connectivity index is 1.29. The van der Waals surface area contributed by atoms with Gasteiger partial charge in [0.05, 0.1) is 0 Å². The van der Waals surface area contributed by atoms with Gasteiger partial charge < -0.3 is 4.74 Å². The van der Waals surface area contributed by atoms with E-state index < -0.39 is 53.4 Å². The van der Waals surface area contributed by atoms with Crippen molar-refractivity contribution in [3.8, 4) is 0 Å². The summed E-state index contributed by atoms with van der Waals surface area (Å²) in [7, 11) is -7.82. The third-order valence-corrected chi connectivity index (χ3v) is 14.4. The predicted molar refractivity (Wildman–Crippen MR) is 202 cm³/mol. The first-order chi connectivity index (χ1) is 24.7. The Morgan fingerprint density at radius 2 is 1.42 bits per heavy atom. The Labute approximate surface area is 305 Å². The van der Waals surface area contributed by atoms with Crippen molar-refractivity contribution in [3.05, 3.63) is 115 Å². The van der Waals surface area contributed by atoms with E-state index >= 15 is 0 Å². The fourth-order valence-corrected chi connectivity index (χ4v) is 11.8. The van der Waals surface area contributed by atoms with Crippen LogP contribution in [-0.4, -0.2) is 89.2 Å². The summed E-state index contributed by atoms with van der Waals surface area (Å²) in [4.78, 5) is 42.7. The number of ether oxygens (including phenoxy) is 1. The van der Waals surface area contributed by atoms with Gasteiger partial charge in [0.25, 0.3) is 0 Å². The van der Waals surface area contributed by atoms with E-state index in [1.54, 1.807) is 31.7 Å². The third-order valence-electron chi connectivity index (χ3n) is 9.57. The molecule has 14 heteroatoms. The molecule has 2 saturated heterocycles. The molecule has 0 radical (unpaired) electrons. The molecule has 6 rings (SSSR count). The molecule has 52 heavy (non-hydrogen) atoms. The van der Waals surface area contributed by atoms with Crippen LogP contribution in [0, 0.1) is 0 Å². The van der Waals surface area contributed by atoms with Gasteiger partial charge in [0.1, 0.15) is 5.60 Å². The van der Waals surface area contributed by atoms with Crippen LogP contribution in [0.4, 0.5) is 9.59 Å². The maximum atomic E-state index is 13.8. The predicted octanol–water partition coefficient (Wildman–Crippen LogP) is 4.28. The van der Waals surface area contributed by atoms with Crippen molar-refractivity contribution >= 4 is 51.6 Å². The van der Waals surface area contributed by atoms with Crippen molar-refractivity contribution in [2.75, 3.05) is 19.6 Å². The van der Waals surface area contributed by atoms with Gasteiger partial charge >= 0.3 is 270 Å². The van der Waals surface area contributed by atoms with E-state index in [-0.39, 0.29) is 19.0 Å². The second-order valence-corrected chi connectivity index (χ2v) is 18.9. The number of piperidine rings is 1. The van der Waals surface area contributed by atoms with Crippen LogP contribution >= 0.6 is 7.26 Å². The minimum absolute atomic E-state index is 0.0121. The Kier molecular flexibility index (Phi) is 10.9. The number of likely N-dealkylation sites (tertiary alicyclic amines) is 1. The van der Waals surface area contributed by atoms with Crippen LogP contribution in [0.25, 0.3) is 0 Å². The Hall–Kier alpha value is -4.55. The fraction of sp³-hybridized carbons (Fsp3) is 0.342. The second kappa shape index (κ2) is 15.2. The number of fused-ring (bicyclic) bond motifs is 2. The molecule has 2 atom stereocenters.